The molecule has 1 unspecified atom stereocenters. The van der Waals surface area contributed by atoms with Gasteiger partial charge in [-0.05, 0) is 52.0 Å². The molecule has 0 saturated carbocycles. The summed E-state index contributed by atoms with van der Waals surface area (Å²) in [5, 5.41) is 0. The number of benzene rings is 1. The number of halogens is 2. The number of likely N-dealkylation sites (tertiary alicyclic amines) is 1. The van der Waals surface area contributed by atoms with Crippen LogP contribution in [0.15, 0.2) is 22.7 Å². The maximum absolute atomic E-state index is 13.3. The van der Waals surface area contributed by atoms with E-state index in [1.54, 1.807) is 0 Å². The van der Waals surface area contributed by atoms with E-state index in [1.807, 2.05) is 12.1 Å². The second-order valence-electron chi connectivity index (χ2n) is 5.81. The molecule has 1 atom stereocenters. The molecule has 2 rings (SSSR count). The predicted molar refractivity (Wildman–Crippen MR) is 75.9 cm³/mol. The Kier molecular flexibility index (Phi) is 4.09. The minimum Gasteiger partial charge on any atom is -0.329 e. The fourth-order valence-corrected chi connectivity index (χ4v) is 3.03. The van der Waals surface area contributed by atoms with Gasteiger partial charge in [-0.2, -0.15) is 0 Å². The molecule has 0 radical (unpaired) electrons. The lowest BCUT2D eigenvalue weighted by atomic mass is 9.93. The van der Waals surface area contributed by atoms with Gasteiger partial charge in [0.2, 0.25) is 0 Å². The smallest absolute Gasteiger partial charge is 0.137 e. The summed E-state index contributed by atoms with van der Waals surface area (Å²) >= 11 is 3.24. The van der Waals surface area contributed by atoms with Crippen LogP contribution in [0.4, 0.5) is 4.39 Å². The summed E-state index contributed by atoms with van der Waals surface area (Å²) in [6, 6.07) is 5.37. The molecule has 2 nitrogen and oxygen atoms in total. The number of hydrogen-bond donors (Lipinski definition) is 1. The molecule has 1 aromatic rings. The molecule has 18 heavy (non-hydrogen) atoms. The van der Waals surface area contributed by atoms with E-state index < -0.39 is 0 Å². The second kappa shape index (κ2) is 5.27. The SMILES string of the molecule is CC1(C)CCN(C(CN)c2ccc(F)c(Br)c2)C1. The van der Waals surface area contributed by atoms with Gasteiger partial charge in [-0.25, -0.2) is 4.39 Å². The topological polar surface area (TPSA) is 29.3 Å². The number of hydrogen-bond acceptors (Lipinski definition) is 2. The molecule has 1 saturated heterocycles. The Morgan fingerprint density at radius 1 is 1.50 bits per heavy atom. The number of nitrogens with two attached hydrogens (primary N) is 1. The molecule has 1 aliphatic rings. The van der Waals surface area contributed by atoms with Gasteiger partial charge in [0, 0.05) is 19.1 Å². The zero-order chi connectivity index (χ0) is 13.3. The fraction of sp³-hybridized carbons (Fsp3) is 0.571. The fourth-order valence-electron chi connectivity index (χ4n) is 2.64. The Morgan fingerprint density at radius 3 is 2.72 bits per heavy atom. The largest absolute Gasteiger partial charge is 0.329 e. The normalized spacial score (nSPS) is 21.2. The van der Waals surface area contributed by atoms with Crippen molar-refractivity contribution in [1.29, 1.82) is 0 Å². The van der Waals surface area contributed by atoms with Crippen LogP contribution in [0, 0.1) is 11.2 Å². The molecule has 0 aliphatic carbocycles. The third-order valence-electron chi connectivity index (χ3n) is 3.70. The monoisotopic (exact) mass is 314 g/mol. The molecule has 0 amide bonds. The van der Waals surface area contributed by atoms with Crippen molar-refractivity contribution in [2.24, 2.45) is 11.1 Å². The van der Waals surface area contributed by atoms with Crippen molar-refractivity contribution < 1.29 is 4.39 Å². The molecule has 4 heteroatoms. The number of rotatable bonds is 3. The molecule has 1 heterocycles. The average molecular weight is 315 g/mol. The first kappa shape index (κ1) is 14.0. The molecule has 1 fully saturated rings. The summed E-state index contributed by atoms with van der Waals surface area (Å²) in [7, 11) is 0. The summed E-state index contributed by atoms with van der Waals surface area (Å²) < 4.78 is 13.8. The lowest BCUT2D eigenvalue weighted by Crippen LogP contribution is -2.33. The van der Waals surface area contributed by atoms with Crippen molar-refractivity contribution in [2.45, 2.75) is 26.3 Å². The molecular weight excluding hydrogens is 295 g/mol. The molecule has 0 bridgehead atoms. The maximum Gasteiger partial charge on any atom is 0.137 e. The highest BCUT2D eigenvalue weighted by atomic mass is 79.9. The Labute approximate surface area is 116 Å². The van der Waals surface area contributed by atoms with Crippen molar-refractivity contribution in [3.63, 3.8) is 0 Å². The van der Waals surface area contributed by atoms with E-state index in [4.69, 9.17) is 5.73 Å². The molecule has 0 aromatic heterocycles. The van der Waals surface area contributed by atoms with Crippen LogP contribution in [0.1, 0.15) is 31.9 Å². The zero-order valence-electron chi connectivity index (χ0n) is 10.9. The Bertz CT molecular complexity index is 434. The first-order chi connectivity index (χ1) is 8.43. The minimum absolute atomic E-state index is 0.184. The first-order valence-corrected chi connectivity index (χ1v) is 7.11. The Balaban J connectivity index is 2.21. The van der Waals surface area contributed by atoms with Crippen molar-refractivity contribution in [2.75, 3.05) is 19.6 Å². The standard InChI is InChI=1S/C14H20BrFN2/c1-14(2)5-6-18(9-14)13(8-17)10-3-4-12(16)11(15)7-10/h3-4,7,13H,5-6,8-9,17H2,1-2H3. The van der Waals surface area contributed by atoms with Gasteiger partial charge in [0.15, 0.2) is 0 Å². The van der Waals surface area contributed by atoms with Crippen molar-refractivity contribution in [3.8, 4) is 0 Å². The Morgan fingerprint density at radius 2 is 2.22 bits per heavy atom. The van der Waals surface area contributed by atoms with Gasteiger partial charge < -0.3 is 5.73 Å². The van der Waals surface area contributed by atoms with Gasteiger partial charge in [0.05, 0.1) is 4.47 Å². The zero-order valence-corrected chi connectivity index (χ0v) is 12.5. The van der Waals surface area contributed by atoms with Crippen LogP contribution in [0.2, 0.25) is 0 Å². The quantitative estimate of drug-likeness (QED) is 0.927. The van der Waals surface area contributed by atoms with Crippen LogP contribution in [-0.4, -0.2) is 24.5 Å². The van der Waals surface area contributed by atoms with Gasteiger partial charge in [-0.15, -0.1) is 0 Å². The summed E-state index contributed by atoms with van der Waals surface area (Å²) in [5.74, 6) is -0.226. The molecule has 2 N–H and O–H groups in total. The average Bonchev–Trinajstić information content (AvgIpc) is 2.65. The molecule has 1 aliphatic heterocycles. The van der Waals surface area contributed by atoms with E-state index in [-0.39, 0.29) is 11.9 Å². The third kappa shape index (κ3) is 2.92. The summed E-state index contributed by atoms with van der Waals surface area (Å²) in [6.45, 7) is 7.23. The van der Waals surface area contributed by atoms with Gasteiger partial charge >= 0.3 is 0 Å². The first-order valence-electron chi connectivity index (χ1n) is 6.32. The molecule has 0 spiro atoms. The molecule has 100 valence electrons. The summed E-state index contributed by atoms with van der Waals surface area (Å²) in [5.41, 5.74) is 7.35. The van der Waals surface area contributed by atoms with Crippen LogP contribution < -0.4 is 5.73 Å². The molecular formula is C14H20BrFN2. The van der Waals surface area contributed by atoms with E-state index in [9.17, 15) is 4.39 Å². The van der Waals surface area contributed by atoms with Gasteiger partial charge in [0.25, 0.3) is 0 Å². The van der Waals surface area contributed by atoms with Crippen molar-refractivity contribution in [1.82, 2.24) is 4.90 Å². The van der Waals surface area contributed by atoms with E-state index >= 15 is 0 Å². The lowest BCUT2D eigenvalue weighted by Gasteiger charge is -2.28. The van der Waals surface area contributed by atoms with E-state index in [1.165, 1.54) is 12.5 Å². The Hall–Kier alpha value is -0.450. The van der Waals surface area contributed by atoms with Crippen LogP contribution in [0.3, 0.4) is 0 Å². The number of nitrogens with zero attached hydrogens (tertiary/aromatic N) is 1. The van der Waals surface area contributed by atoms with Crippen LogP contribution in [0.5, 0.6) is 0 Å². The molecule has 1 aromatic carbocycles. The highest BCUT2D eigenvalue weighted by Crippen LogP contribution is 2.35. The highest BCUT2D eigenvalue weighted by Gasteiger charge is 2.33. The van der Waals surface area contributed by atoms with Crippen molar-refractivity contribution >= 4 is 15.9 Å². The third-order valence-corrected chi connectivity index (χ3v) is 4.31. The van der Waals surface area contributed by atoms with Gasteiger partial charge in [-0.3, -0.25) is 4.90 Å². The van der Waals surface area contributed by atoms with Crippen LogP contribution >= 0.6 is 15.9 Å². The lowest BCUT2D eigenvalue weighted by molar-refractivity contribution is 0.223. The minimum atomic E-state index is -0.226. The van der Waals surface area contributed by atoms with E-state index in [0.717, 1.165) is 18.7 Å². The van der Waals surface area contributed by atoms with Gasteiger partial charge in [0.1, 0.15) is 5.82 Å². The van der Waals surface area contributed by atoms with E-state index in [2.05, 4.69) is 34.7 Å². The predicted octanol–water partition coefficient (Wildman–Crippen LogP) is 3.32. The van der Waals surface area contributed by atoms with Gasteiger partial charge in [-0.1, -0.05) is 19.9 Å². The summed E-state index contributed by atoms with van der Waals surface area (Å²) in [6.07, 6.45) is 1.19. The van der Waals surface area contributed by atoms with E-state index in [0.29, 0.717) is 16.4 Å². The van der Waals surface area contributed by atoms with Crippen molar-refractivity contribution in [3.05, 3.63) is 34.1 Å². The maximum atomic E-state index is 13.3. The van der Waals surface area contributed by atoms with Crippen LogP contribution in [-0.2, 0) is 0 Å². The highest BCUT2D eigenvalue weighted by molar-refractivity contribution is 9.10. The second-order valence-corrected chi connectivity index (χ2v) is 6.66. The summed E-state index contributed by atoms with van der Waals surface area (Å²) in [4.78, 5) is 2.40. The van der Waals surface area contributed by atoms with Crippen LogP contribution in [0.25, 0.3) is 0 Å².